The van der Waals surface area contributed by atoms with Crippen LogP contribution in [0.5, 0.6) is 0 Å². The Morgan fingerprint density at radius 2 is 2.07 bits per heavy atom. The first kappa shape index (κ1) is 9.88. The van der Waals surface area contributed by atoms with Crippen LogP contribution in [0.4, 0.5) is 0 Å². The van der Waals surface area contributed by atoms with Gasteiger partial charge < -0.3 is 4.74 Å². The maximum absolute atomic E-state index is 11.2. The van der Waals surface area contributed by atoms with Crippen molar-refractivity contribution in [3.63, 3.8) is 0 Å². The fraction of sp³-hybridized carbons (Fsp3) is 0.857. The summed E-state index contributed by atoms with van der Waals surface area (Å²) in [5, 5.41) is 0. The van der Waals surface area contributed by atoms with Crippen LogP contribution >= 0.6 is 0 Å². The Morgan fingerprint density at radius 1 is 1.36 bits per heavy atom. The predicted octanol–water partition coefficient (Wildman–Crippen LogP) is -0.258. The topological polar surface area (TPSA) is 78.9 Å². The highest BCUT2D eigenvalue weighted by Gasteiger charge is 2.38. The molecule has 2 aliphatic rings. The van der Waals surface area contributed by atoms with Crippen molar-refractivity contribution in [3.8, 4) is 0 Å². The fourth-order valence-corrected chi connectivity index (χ4v) is 1.94. The zero-order valence-corrected chi connectivity index (χ0v) is 8.16. The molecule has 1 saturated carbocycles. The van der Waals surface area contributed by atoms with E-state index < -0.39 is 22.5 Å². The maximum Gasteiger partial charge on any atom is 0.400 e. The molecule has 1 aliphatic carbocycles. The van der Waals surface area contributed by atoms with Crippen molar-refractivity contribution in [3.05, 3.63) is 0 Å². The third-order valence-electron chi connectivity index (χ3n) is 2.20. The van der Waals surface area contributed by atoms with Crippen LogP contribution in [0.2, 0.25) is 0 Å². The average Bonchev–Trinajstić information content (AvgIpc) is 2.38. The molecule has 14 heavy (non-hydrogen) atoms. The second-order valence-corrected chi connectivity index (χ2v) is 4.51. The molecule has 0 aromatic carbocycles. The molecule has 1 aliphatic heterocycles. The lowest BCUT2D eigenvalue weighted by molar-refractivity contribution is -0.160. The highest BCUT2D eigenvalue weighted by atomic mass is 32.3. The molecule has 0 amide bonds. The van der Waals surface area contributed by atoms with E-state index in [0.717, 1.165) is 19.3 Å². The van der Waals surface area contributed by atoms with Gasteiger partial charge in [0.05, 0.1) is 0 Å². The van der Waals surface area contributed by atoms with Gasteiger partial charge >= 0.3 is 16.4 Å². The van der Waals surface area contributed by atoms with Crippen molar-refractivity contribution in [1.29, 1.82) is 0 Å². The van der Waals surface area contributed by atoms with Crippen molar-refractivity contribution in [2.45, 2.75) is 31.5 Å². The lowest BCUT2D eigenvalue weighted by Gasteiger charge is -2.25. The van der Waals surface area contributed by atoms with E-state index in [2.05, 4.69) is 8.37 Å². The summed E-state index contributed by atoms with van der Waals surface area (Å²) in [7, 11) is -3.97. The molecule has 0 radical (unpaired) electrons. The van der Waals surface area contributed by atoms with Gasteiger partial charge in [0.2, 0.25) is 6.10 Å². The molecule has 0 spiro atoms. The van der Waals surface area contributed by atoms with Gasteiger partial charge in [0.1, 0.15) is 12.7 Å². The predicted molar refractivity (Wildman–Crippen MR) is 43.5 cm³/mol. The summed E-state index contributed by atoms with van der Waals surface area (Å²) < 4.78 is 34.9. The van der Waals surface area contributed by atoms with Crippen LogP contribution in [0.15, 0.2) is 0 Å². The number of rotatable bonds is 2. The molecule has 80 valence electrons. The monoisotopic (exact) mass is 222 g/mol. The standard InChI is InChI=1S/C7H10O6S/c8-7(12-5-2-1-3-5)6-4-11-14(9,10)13-6/h5-6H,1-4H2. The van der Waals surface area contributed by atoms with Gasteiger partial charge in [-0.15, -0.1) is 0 Å². The Kier molecular flexibility index (Phi) is 2.46. The molecule has 2 fully saturated rings. The zero-order chi connectivity index (χ0) is 10.2. The quantitative estimate of drug-likeness (QED) is 0.599. The summed E-state index contributed by atoms with van der Waals surface area (Å²) in [6.07, 6.45) is 1.52. The van der Waals surface area contributed by atoms with Crippen LogP contribution in [-0.4, -0.2) is 33.2 Å². The molecule has 0 aromatic heterocycles. The number of carbonyl (C=O) groups is 1. The molecule has 7 heteroatoms. The smallest absolute Gasteiger partial charge is 0.400 e. The maximum atomic E-state index is 11.2. The fourth-order valence-electron chi connectivity index (χ4n) is 1.18. The first-order chi connectivity index (χ1) is 6.57. The number of hydrogen-bond acceptors (Lipinski definition) is 6. The molecule has 0 bridgehead atoms. The van der Waals surface area contributed by atoms with E-state index in [1.54, 1.807) is 0 Å². The number of esters is 1. The molecule has 1 unspecified atom stereocenters. The van der Waals surface area contributed by atoms with Crippen LogP contribution < -0.4 is 0 Å². The summed E-state index contributed by atoms with van der Waals surface area (Å²) in [6, 6.07) is 0. The highest BCUT2D eigenvalue weighted by Crippen LogP contribution is 2.24. The Balaban J connectivity index is 1.86. The van der Waals surface area contributed by atoms with E-state index in [1.165, 1.54) is 0 Å². The van der Waals surface area contributed by atoms with E-state index in [0.29, 0.717) is 0 Å². The van der Waals surface area contributed by atoms with Crippen LogP contribution in [0, 0.1) is 0 Å². The summed E-state index contributed by atoms with van der Waals surface area (Å²) in [5.41, 5.74) is 0. The summed E-state index contributed by atoms with van der Waals surface area (Å²) in [6.45, 7) is -0.284. The van der Waals surface area contributed by atoms with Gasteiger partial charge in [-0.1, -0.05) is 0 Å². The molecule has 2 rings (SSSR count). The Bertz CT molecular complexity index is 330. The van der Waals surface area contributed by atoms with Crippen molar-refractivity contribution in [2.75, 3.05) is 6.61 Å². The second-order valence-electron chi connectivity index (χ2n) is 3.27. The van der Waals surface area contributed by atoms with Gasteiger partial charge in [0.15, 0.2) is 0 Å². The van der Waals surface area contributed by atoms with Crippen LogP contribution in [0.1, 0.15) is 19.3 Å². The molecular formula is C7H10O6S. The van der Waals surface area contributed by atoms with Crippen LogP contribution in [0.3, 0.4) is 0 Å². The summed E-state index contributed by atoms with van der Waals surface area (Å²) in [4.78, 5) is 11.2. The second kappa shape index (κ2) is 3.48. The highest BCUT2D eigenvalue weighted by molar-refractivity contribution is 7.82. The minimum Gasteiger partial charge on any atom is -0.460 e. The molecular weight excluding hydrogens is 212 g/mol. The first-order valence-corrected chi connectivity index (χ1v) is 5.68. The van der Waals surface area contributed by atoms with Crippen molar-refractivity contribution >= 4 is 16.4 Å². The Hall–Kier alpha value is -0.660. The largest absolute Gasteiger partial charge is 0.460 e. The Labute approximate surface area is 81.5 Å². The lowest BCUT2D eigenvalue weighted by Crippen LogP contribution is -2.32. The number of hydrogen-bond donors (Lipinski definition) is 0. The third kappa shape index (κ3) is 2.05. The van der Waals surface area contributed by atoms with Crippen molar-refractivity contribution < 1.29 is 26.3 Å². The minimum atomic E-state index is -3.97. The minimum absolute atomic E-state index is 0.0746. The average molecular weight is 222 g/mol. The lowest BCUT2D eigenvalue weighted by atomic mass is 9.96. The Morgan fingerprint density at radius 3 is 2.50 bits per heavy atom. The number of ether oxygens (including phenoxy) is 1. The van der Waals surface area contributed by atoms with Gasteiger partial charge in [-0.2, -0.15) is 8.42 Å². The van der Waals surface area contributed by atoms with Crippen molar-refractivity contribution in [1.82, 2.24) is 0 Å². The molecule has 1 heterocycles. The SMILES string of the molecule is O=C(OC1CCC1)C1COS(=O)(=O)O1. The summed E-state index contributed by atoms with van der Waals surface area (Å²) >= 11 is 0. The van der Waals surface area contributed by atoms with Gasteiger partial charge in [0, 0.05) is 0 Å². The molecule has 1 atom stereocenters. The van der Waals surface area contributed by atoms with E-state index in [1.807, 2.05) is 0 Å². The van der Waals surface area contributed by atoms with Gasteiger partial charge in [-0.3, -0.25) is 0 Å². The molecule has 0 aromatic rings. The molecule has 0 N–H and O–H groups in total. The van der Waals surface area contributed by atoms with E-state index in [4.69, 9.17) is 4.74 Å². The van der Waals surface area contributed by atoms with E-state index in [9.17, 15) is 13.2 Å². The molecule has 6 nitrogen and oxygen atoms in total. The number of carbonyl (C=O) groups excluding carboxylic acids is 1. The van der Waals surface area contributed by atoms with E-state index >= 15 is 0 Å². The third-order valence-corrected chi connectivity index (χ3v) is 3.09. The zero-order valence-electron chi connectivity index (χ0n) is 7.34. The van der Waals surface area contributed by atoms with Crippen LogP contribution in [0.25, 0.3) is 0 Å². The van der Waals surface area contributed by atoms with Gasteiger partial charge in [-0.05, 0) is 19.3 Å². The van der Waals surface area contributed by atoms with Gasteiger partial charge in [-0.25, -0.2) is 13.2 Å². The summed E-state index contributed by atoms with van der Waals surface area (Å²) in [5.74, 6) is -0.657. The van der Waals surface area contributed by atoms with E-state index in [-0.39, 0.29) is 12.7 Å². The normalized spacial score (nSPS) is 31.0. The van der Waals surface area contributed by atoms with Crippen molar-refractivity contribution in [2.24, 2.45) is 0 Å². The van der Waals surface area contributed by atoms with Gasteiger partial charge in [0.25, 0.3) is 0 Å². The van der Waals surface area contributed by atoms with Crippen LogP contribution in [-0.2, 0) is 28.3 Å². The first-order valence-electron chi connectivity index (χ1n) is 4.35. The molecule has 1 saturated heterocycles.